The fourth-order valence-corrected chi connectivity index (χ4v) is 2.92. The number of nitrogens with one attached hydrogen (secondary N) is 1. The lowest BCUT2D eigenvalue weighted by atomic mass is 10.2. The van der Waals surface area contributed by atoms with Gasteiger partial charge in [0.2, 0.25) is 5.95 Å². The third kappa shape index (κ3) is 2.46. The van der Waals surface area contributed by atoms with E-state index in [2.05, 4.69) is 38.5 Å². The molecule has 6 heteroatoms. The molecule has 5 nitrogen and oxygen atoms in total. The number of hydrogen-bond acceptors (Lipinski definition) is 5. The van der Waals surface area contributed by atoms with E-state index in [4.69, 9.17) is 5.73 Å². The summed E-state index contributed by atoms with van der Waals surface area (Å²) < 4.78 is 0. The van der Waals surface area contributed by atoms with Crippen LogP contribution >= 0.6 is 11.8 Å². The molecule has 100 valence electrons. The highest BCUT2D eigenvalue weighted by Gasteiger charge is 2.22. The summed E-state index contributed by atoms with van der Waals surface area (Å²) in [5.74, 6) is 1.57. The van der Waals surface area contributed by atoms with Gasteiger partial charge >= 0.3 is 0 Å². The Hall–Kier alpha value is -1.53. The minimum Gasteiger partial charge on any atom is -0.338 e. The predicted octanol–water partition coefficient (Wildman–Crippen LogP) is 1.73. The Morgan fingerprint density at radius 1 is 1.42 bits per heavy atom. The van der Waals surface area contributed by atoms with E-state index in [0.717, 1.165) is 36.8 Å². The molecule has 0 amide bonds. The van der Waals surface area contributed by atoms with Crippen LogP contribution in [0.5, 0.6) is 0 Å². The fraction of sp³-hybridized carbons (Fsp3) is 0.385. The van der Waals surface area contributed by atoms with E-state index in [0.29, 0.717) is 0 Å². The molecule has 1 unspecified atom stereocenters. The molecule has 2 aromatic rings. The highest BCUT2D eigenvalue weighted by atomic mass is 32.2. The second-order valence-electron chi connectivity index (χ2n) is 4.68. The van der Waals surface area contributed by atoms with Gasteiger partial charge in [-0.05, 0) is 18.7 Å². The van der Waals surface area contributed by atoms with Crippen molar-refractivity contribution in [3.8, 4) is 11.4 Å². The second-order valence-corrected chi connectivity index (χ2v) is 5.53. The molecule has 0 saturated carbocycles. The number of nitrogens with zero attached hydrogens (tertiary/aromatic N) is 3. The maximum absolute atomic E-state index is 5.92. The van der Waals surface area contributed by atoms with E-state index in [1.165, 1.54) is 4.90 Å². The maximum Gasteiger partial charge on any atom is 0.245 e. The van der Waals surface area contributed by atoms with Crippen molar-refractivity contribution in [2.24, 2.45) is 5.73 Å². The van der Waals surface area contributed by atoms with Crippen molar-refractivity contribution in [2.75, 3.05) is 24.2 Å². The van der Waals surface area contributed by atoms with Crippen LogP contribution in [0.1, 0.15) is 6.42 Å². The molecule has 1 atom stereocenters. The van der Waals surface area contributed by atoms with Gasteiger partial charge in [-0.2, -0.15) is 4.98 Å². The molecule has 1 fully saturated rings. The predicted molar refractivity (Wildman–Crippen MR) is 78.4 cm³/mol. The standard InChI is InChI=1S/C13H17N5S/c1-19-11-5-3-2-4-10(11)12-15-13(17-16-12)18-7-6-9(14)8-18/h2-5,9H,6-8,14H2,1H3,(H,15,16,17). The molecule has 1 aliphatic rings. The molecule has 0 bridgehead atoms. The molecule has 3 rings (SSSR count). The number of thioether (sulfide) groups is 1. The summed E-state index contributed by atoms with van der Waals surface area (Å²) in [6, 6.07) is 8.44. The van der Waals surface area contributed by atoms with Gasteiger partial charge in [0, 0.05) is 29.6 Å². The number of benzene rings is 1. The van der Waals surface area contributed by atoms with Crippen molar-refractivity contribution in [1.29, 1.82) is 0 Å². The first-order valence-electron chi connectivity index (χ1n) is 6.34. The van der Waals surface area contributed by atoms with Gasteiger partial charge < -0.3 is 10.6 Å². The van der Waals surface area contributed by atoms with Crippen LogP contribution in [0.15, 0.2) is 29.2 Å². The van der Waals surface area contributed by atoms with Crippen molar-refractivity contribution in [2.45, 2.75) is 17.4 Å². The van der Waals surface area contributed by atoms with Gasteiger partial charge in [0.25, 0.3) is 0 Å². The molecule has 3 N–H and O–H groups in total. The lowest BCUT2D eigenvalue weighted by Gasteiger charge is -2.11. The molecule has 1 aliphatic heterocycles. The van der Waals surface area contributed by atoms with Gasteiger partial charge in [0.1, 0.15) is 0 Å². The van der Waals surface area contributed by atoms with Crippen molar-refractivity contribution in [3.63, 3.8) is 0 Å². The first kappa shape index (κ1) is 12.5. The average molecular weight is 275 g/mol. The number of nitrogens with two attached hydrogens (primary N) is 1. The first-order valence-corrected chi connectivity index (χ1v) is 7.56. The van der Waals surface area contributed by atoms with E-state index < -0.39 is 0 Å². The Balaban J connectivity index is 1.88. The molecule has 1 saturated heterocycles. The van der Waals surface area contributed by atoms with Gasteiger partial charge in [-0.15, -0.1) is 16.9 Å². The summed E-state index contributed by atoms with van der Waals surface area (Å²) in [6.07, 6.45) is 3.07. The third-order valence-electron chi connectivity index (χ3n) is 3.34. The first-order chi connectivity index (χ1) is 9.28. The van der Waals surface area contributed by atoms with E-state index in [-0.39, 0.29) is 6.04 Å². The lowest BCUT2D eigenvalue weighted by molar-refractivity contribution is 0.750. The van der Waals surface area contributed by atoms with Crippen LogP contribution in [-0.2, 0) is 0 Å². The summed E-state index contributed by atoms with van der Waals surface area (Å²) in [7, 11) is 0. The number of H-pyrrole nitrogens is 1. The highest BCUT2D eigenvalue weighted by Crippen LogP contribution is 2.28. The zero-order valence-electron chi connectivity index (χ0n) is 10.8. The summed E-state index contributed by atoms with van der Waals surface area (Å²) in [5, 5.41) is 7.34. The number of aromatic amines is 1. The van der Waals surface area contributed by atoms with Gasteiger partial charge in [-0.1, -0.05) is 18.2 Å². The largest absolute Gasteiger partial charge is 0.338 e. The van der Waals surface area contributed by atoms with Crippen molar-refractivity contribution >= 4 is 17.7 Å². The van der Waals surface area contributed by atoms with Crippen LogP contribution in [0.2, 0.25) is 0 Å². The van der Waals surface area contributed by atoms with E-state index in [9.17, 15) is 0 Å². The molecule has 0 radical (unpaired) electrons. The summed E-state index contributed by atoms with van der Waals surface area (Å²) in [6.45, 7) is 1.77. The van der Waals surface area contributed by atoms with Crippen molar-refractivity contribution in [1.82, 2.24) is 15.2 Å². The van der Waals surface area contributed by atoms with Crippen LogP contribution in [0, 0.1) is 0 Å². The lowest BCUT2D eigenvalue weighted by Crippen LogP contribution is -2.26. The number of anilines is 1. The van der Waals surface area contributed by atoms with Crippen LogP contribution < -0.4 is 10.6 Å². The Bertz CT molecular complexity index is 568. The Labute approximate surface area is 116 Å². The molecule has 19 heavy (non-hydrogen) atoms. The number of rotatable bonds is 3. The normalized spacial score (nSPS) is 19.1. The molecule has 0 spiro atoms. The minimum atomic E-state index is 0.237. The summed E-state index contributed by atoms with van der Waals surface area (Å²) in [5.41, 5.74) is 7.01. The Kier molecular flexibility index (Phi) is 3.44. The quantitative estimate of drug-likeness (QED) is 0.835. The van der Waals surface area contributed by atoms with Crippen LogP contribution in [0.25, 0.3) is 11.4 Å². The van der Waals surface area contributed by atoms with E-state index >= 15 is 0 Å². The summed E-state index contributed by atoms with van der Waals surface area (Å²) >= 11 is 1.71. The molecule has 2 heterocycles. The van der Waals surface area contributed by atoms with Crippen molar-refractivity contribution in [3.05, 3.63) is 24.3 Å². The van der Waals surface area contributed by atoms with Gasteiger partial charge in [0.15, 0.2) is 5.82 Å². The average Bonchev–Trinajstić information content (AvgIpc) is 3.07. The summed E-state index contributed by atoms with van der Waals surface area (Å²) in [4.78, 5) is 7.92. The zero-order valence-corrected chi connectivity index (χ0v) is 11.7. The number of hydrogen-bond donors (Lipinski definition) is 2. The monoisotopic (exact) mass is 275 g/mol. The van der Waals surface area contributed by atoms with E-state index in [1.807, 2.05) is 12.1 Å². The zero-order chi connectivity index (χ0) is 13.2. The van der Waals surface area contributed by atoms with Gasteiger partial charge in [-0.25, -0.2) is 0 Å². The fourth-order valence-electron chi connectivity index (χ4n) is 2.32. The van der Waals surface area contributed by atoms with Crippen LogP contribution in [0.3, 0.4) is 0 Å². The van der Waals surface area contributed by atoms with Gasteiger partial charge in [0.05, 0.1) is 0 Å². The van der Waals surface area contributed by atoms with Crippen molar-refractivity contribution < 1.29 is 0 Å². The molecule has 1 aromatic carbocycles. The second kappa shape index (κ2) is 5.22. The third-order valence-corrected chi connectivity index (χ3v) is 4.14. The van der Waals surface area contributed by atoms with Crippen LogP contribution in [0.4, 0.5) is 5.95 Å². The van der Waals surface area contributed by atoms with E-state index in [1.54, 1.807) is 11.8 Å². The molecular weight excluding hydrogens is 258 g/mol. The van der Waals surface area contributed by atoms with Crippen LogP contribution in [-0.4, -0.2) is 40.6 Å². The number of aromatic nitrogens is 3. The highest BCUT2D eigenvalue weighted by molar-refractivity contribution is 7.98. The Morgan fingerprint density at radius 3 is 3.00 bits per heavy atom. The topological polar surface area (TPSA) is 70.8 Å². The molecule has 0 aliphatic carbocycles. The smallest absolute Gasteiger partial charge is 0.245 e. The molecule has 1 aromatic heterocycles. The molecular formula is C13H17N5S. The maximum atomic E-state index is 5.92. The Morgan fingerprint density at radius 2 is 2.26 bits per heavy atom. The van der Waals surface area contributed by atoms with Gasteiger partial charge in [-0.3, -0.25) is 5.10 Å². The SMILES string of the molecule is CSc1ccccc1-c1nc(N2CCC(N)C2)n[nH]1. The minimum absolute atomic E-state index is 0.237.